The summed E-state index contributed by atoms with van der Waals surface area (Å²) in [5.74, 6) is 0.346. The molecule has 0 spiro atoms. The van der Waals surface area contributed by atoms with Crippen molar-refractivity contribution in [3.63, 3.8) is 0 Å². The van der Waals surface area contributed by atoms with Crippen LogP contribution in [0.15, 0.2) is 91.3 Å². The van der Waals surface area contributed by atoms with Crippen molar-refractivity contribution in [2.24, 2.45) is 0 Å². The van der Waals surface area contributed by atoms with E-state index in [9.17, 15) is 13.6 Å². The molecule has 6 aromatic rings. The fourth-order valence-electron chi connectivity index (χ4n) is 5.90. The molecule has 12 heteroatoms. The average Bonchev–Trinajstić information content (AvgIpc) is 3.18. The lowest BCUT2D eigenvalue weighted by Gasteiger charge is -2.27. The molecule has 0 radical (unpaired) electrons. The minimum atomic E-state index is -0.473. The quantitative estimate of drug-likeness (QED) is 0.193. The minimum absolute atomic E-state index is 0.218. The molecule has 2 saturated heterocycles. The molecule has 4 heterocycles. The van der Waals surface area contributed by atoms with Crippen molar-refractivity contribution in [2.75, 3.05) is 69.5 Å². The number of rotatable bonds is 5. The highest BCUT2D eigenvalue weighted by molar-refractivity contribution is 5.91. The van der Waals surface area contributed by atoms with Crippen molar-refractivity contribution in [1.82, 2.24) is 19.9 Å². The van der Waals surface area contributed by atoms with Crippen molar-refractivity contribution in [1.29, 1.82) is 0 Å². The Morgan fingerprint density at radius 1 is 0.660 bits per heavy atom. The highest BCUT2D eigenvalue weighted by Gasteiger charge is 2.16. The third-order valence-corrected chi connectivity index (χ3v) is 8.59. The van der Waals surface area contributed by atoms with E-state index in [4.69, 9.17) is 19.2 Å². The first-order chi connectivity index (χ1) is 24.4. The Morgan fingerprint density at radius 3 is 1.82 bits per heavy atom. The minimum Gasteiger partial charge on any atom is -0.465 e. The van der Waals surface area contributed by atoms with Gasteiger partial charge in [0.25, 0.3) is 0 Å². The predicted molar refractivity (Wildman–Crippen MR) is 187 cm³/mol. The number of carbonyl (C=O) groups is 1. The van der Waals surface area contributed by atoms with Crippen molar-refractivity contribution in [2.45, 2.75) is 0 Å². The van der Waals surface area contributed by atoms with E-state index in [-0.39, 0.29) is 11.5 Å². The van der Waals surface area contributed by atoms with Crippen LogP contribution < -0.4 is 9.80 Å². The number of esters is 1. The first-order valence-corrected chi connectivity index (χ1v) is 16.3. The van der Waals surface area contributed by atoms with Gasteiger partial charge in [-0.15, -0.1) is 0 Å². The Hall–Kier alpha value is -5.59. The number of aromatic nitrogens is 4. The summed E-state index contributed by atoms with van der Waals surface area (Å²) in [4.78, 5) is 34.4. The van der Waals surface area contributed by atoms with Gasteiger partial charge in [-0.25, -0.2) is 23.5 Å². The highest BCUT2D eigenvalue weighted by atomic mass is 19.1. The SMILES string of the molecule is COC(=O)c1cccc(-c2ccc3ncc(N4CCOCC4)nc3c2)c1.Fc1ccc(F)c(-c2ccc3ncc(N4CCOCC4)nc3c2)c1. The summed E-state index contributed by atoms with van der Waals surface area (Å²) in [6.45, 7) is 5.90. The van der Waals surface area contributed by atoms with Crippen LogP contribution in [0, 0.1) is 11.6 Å². The molecule has 0 atom stereocenters. The Kier molecular flexibility index (Phi) is 9.81. The van der Waals surface area contributed by atoms with Gasteiger partial charge in [0.2, 0.25) is 0 Å². The number of methoxy groups -OCH3 is 1. The molecule has 2 aliphatic heterocycles. The van der Waals surface area contributed by atoms with Crippen LogP contribution in [-0.2, 0) is 14.2 Å². The number of halogens is 2. The zero-order valence-corrected chi connectivity index (χ0v) is 27.4. The maximum Gasteiger partial charge on any atom is 0.337 e. The maximum absolute atomic E-state index is 14.0. The lowest BCUT2D eigenvalue weighted by Crippen LogP contribution is -2.36. The number of carbonyl (C=O) groups excluding carboxylic acids is 1. The highest BCUT2D eigenvalue weighted by Crippen LogP contribution is 2.28. The summed E-state index contributed by atoms with van der Waals surface area (Å²) >= 11 is 0. The molecule has 2 fully saturated rings. The summed E-state index contributed by atoms with van der Waals surface area (Å²) in [7, 11) is 1.38. The van der Waals surface area contributed by atoms with Crippen LogP contribution >= 0.6 is 0 Å². The summed E-state index contributed by atoms with van der Waals surface area (Å²) in [6.07, 6.45) is 3.54. The van der Waals surface area contributed by atoms with E-state index in [0.29, 0.717) is 48.6 Å². The molecule has 0 amide bonds. The lowest BCUT2D eigenvalue weighted by molar-refractivity contribution is 0.0600. The van der Waals surface area contributed by atoms with Gasteiger partial charge >= 0.3 is 5.97 Å². The van der Waals surface area contributed by atoms with Crippen molar-refractivity contribution >= 4 is 39.7 Å². The fraction of sp³-hybridized carbons (Fsp3) is 0.237. The first kappa shape index (κ1) is 32.9. The number of ether oxygens (including phenoxy) is 3. The van der Waals surface area contributed by atoms with Gasteiger partial charge < -0.3 is 24.0 Å². The molecule has 0 saturated carbocycles. The predicted octanol–water partition coefficient (Wildman–Crippen LogP) is 6.33. The molecule has 10 nitrogen and oxygen atoms in total. The van der Waals surface area contributed by atoms with Crippen LogP contribution in [0.1, 0.15) is 10.4 Å². The number of benzene rings is 4. The van der Waals surface area contributed by atoms with Crippen LogP contribution in [0.2, 0.25) is 0 Å². The second kappa shape index (κ2) is 14.9. The smallest absolute Gasteiger partial charge is 0.337 e. The number of nitrogens with zero attached hydrogens (tertiary/aromatic N) is 6. The third kappa shape index (κ3) is 7.36. The van der Waals surface area contributed by atoms with E-state index in [0.717, 1.165) is 72.1 Å². The summed E-state index contributed by atoms with van der Waals surface area (Å²) in [5.41, 5.74) is 6.28. The number of hydrogen-bond donors (Lipinski definition) is 0. The maximum atomic E-state index is 14.0. The molecule has 0 N–H and O–H groups in total. The molecule has 50 heavy (non-hydrogen) atoms. The molecular weight excluding hydrogens is 642 g/mol. The van der Waals surface area contributed by atoms with Gasteiger partial charge in [0.05, 0.1) is 73.6 Å². The summed E-state index contributed by atoms with van der Waals surface area (Å²) in [6, 6.07) is 22.0. The van der Waals surface area contributed by atoms with Gasteiger partial charge in [0.1, 0.15) is 23.3 Å². The summed E-state index contributed by atoms with van der Waals surface area (Å²) < 4.78 is 43.0. The molecule has 0 aliphatic carbocycles. The Balaban J connectivity index is 0.000000157. The molecule has 254 valence electrons. The lowest BCUT2D eigenvalue weighted by atomic mass is 10.0. The van der Waals surface area contributed by atoms with E-state index >= 15 is 0 Å². The monoisotopic (exact) mass is 676 g/mol. The van der Waals surface area contributed by atoms with Gasteiger partial charge in [-0.3, -0.25) is 9.97 Å². The molecule has 2 aliphatic rings. The molecular formula is C38H34F2N6O4. The van der Waals surface area contributed by atoms with Crippen molar-refractivity contribution in [3.05, 3.63) is 108 Å². The van der Waals surface area contributed by atoms with Gasteiger partial charge in [-0.2, -0.15) is 0 Å². The molecule has 8 rings (SSSR count). The van der Waals surface area contributed by atoms with Gasteiger partial charge in [-0.05, 0) is 71.3 Å². The zero-order chi connectivity index (χ0) is 34.5. The number of morpholine rings is 2. The van der Waals surface area contributed by atoms with E-state index in [2.05, 4.69) is 24.8 Å². The molecule has 2 aromatic heterocycles. The standard InChI is InChI=1S/C20H19N3O3.C18H15F2N3O/c1-25-20(24)16-4-2-3-14(11-16)15-5-6-17-18(12-15)22-19(13-21-17)23-7-9-26-10-8-23;19-13-2-3-15(20)14(10-13)12-1-4-16-17(9-12)22-18(11-21-16)23-5-7-24-8-6-23/h2-6,11-13H,7-10H2,1H3;1-4,9-11H,5-8H2. The van der Waals surface area contributed by atoms with E-state index in [1.165, 1.54) is 13.2 Å². The fourth-order valence-corrected chi connectivity index (χ4v) is 5.90. The van der Waals surface area contributed by atoms with Gasteiger partial charge in [0.15, 0.2) is 0 Å². The second-order valence-electron chi connectivity index (χ2n) is 11.8. The zero-order valence-electron chi connectivity index (χ0n) is 27.4. The summed E-state index contributed by atoms with van der Waals surface area (Å²) in [5, 5.41) is 0. The van der Waals surface area contributed by atoms with E-state index in [1.807, 2.05) is 42.6 Å². The van der Waals surface area contributed by atoms with Crippen molar-refractivity contribution in [3.8, 4) is 22.3 Å². The molecule has 0 bridgehead atoms. The Labute approximate surface area is 287 Å². The van der Waals surface area contributed by atoms with E-state index < -0.39 is 11.6 Å². The Bertz CT molecular complexity index is 2150. The number of hydrogen-bond acceptors (Lipinski definition) is 10. The van der Waals surface area contributed by atoms with Crippen LogP contribution in [0.3, 0.4) is 0 Å². The van der Waals surface area contributed by atoms with E-state index in [1.54, 1.807) is 30.5 Å². The van der Waals surface area contributed by atoms with Gasteiger partial charge in [0, 0.05) is 31.7 Å². The number of fused-ring (bicyclic) bond motifs is 2. The Morgan fingerprint density at radius 2 is 1.22 bits per heavy atom. The van der Waals surface area contributed by atoms with Crippen LogP contribution in [-0.4, -0.2) is 85.6 Å². The van der Waals surface area contributed by atoms with Gasteiger partial charge in [-0.1, -0.05) is 24.3 Å². The largest absolute Gasteiger partial charge is 0.465 e. The third-order valence-electron chi connectivity index (χ3n) is 8.59. The topological polar surface area (TPSA) is 103 Å². The first-order valence-electron chi connectivity index (χ1n) is 16.3. The van der Waals surface area contributed by atoms with Crippen LogP contribution in [0.25, 0.3) is 44.3 Å². The average molecular weight is 677 g/mol. The normalized spacial score (nSPS) is 14.7. The van der Waals surface area contributed by atoms with Crippen LogP contribution in [0.5, 0.6) is 0 Å². The van der Waals surface area contributed by atoms with Crippen molar-refractivity contribution < 1.29 is 27.8 Å². The number of anilines is 2. The van der Waals surface area contributed by atoms with Crippen LogP contribution in [0.4, 0.5) is 20.4 Å². The molecule has 0 unspecified atom stereocenters. The molecule has 4 aromatic carbocycles. The second-order valence-corrected chi connectivity index (χ2v) is 11.8.